The molecule has 0 fully saturated rings. The Hall–Kier alpha value is -8.27. The molecule has 8 bridgehead atoms. The number of ketones is 2. The molecule has 11 rings (SSSR count). The second-order valence-corrected chi connectivity index (χ2v) is 29.4. The van der Waals surface area contributed by atoms with Gasteiger partial charge in [-0.05, 0) is 99.3 Å². The molecule has 2 aliphatic rings. The first-order chi connectivity index (χ1) is 40.2. The molecule has 2 aliphatic heterocycles. The van der Waals surface area contributed by atoms with Crippen LogP contribution in [0.3, 0.4) is 0 Å². The monoisotopic (exact) mass is 1190 g/mol. The molecular weight excluding hydrogens is 1120 g/mol. The molecule has 87 heavy (non-hydrogen) atoms. The first kappa shape index (κ1) is 61.8. The summed E-state index contributed by atoms with van der Waals surface area (Å²) in [6.45, 7) is 39.5. The SMILES string of the molecule is CC(C)(C)c1ccc(C2=C(c3ccc(C(C)(C)C)cc3)c3nc2nc2[n-]c(nc4nc(nc5[n-]c(n3)c(-c3ccc(C(C)(C)C)cc3)c5-c3ccc(C(C)(C)C)cc3)C(=O)C4=O)c(-c3ccc(C(C)(C)C)cc3)c2-c2ccc(C(C)(C)C)cc2)cc1.[Ni+2]. The van der Waals surface area contributed by atoms with Crippen LogP contribution in [-0.4, -0.2) is 41.5 Å². The molecule has 0 amide bonds. The Morgan fingerprint density at radius 2 is 0.414 bits per heavy atom. The van der Waals surface area contributed by atoms with E-state index in [4.69, 9.17) is 39.9 Å². The topological polar surface area (TPSA) is 140 Å². The average molecular weight is 1190 g/mol. The summed E-state index contributed by atoms with van der Waals surface area (Å²) in [7, 11) is 0. The average Bonchev–Trinajstić information content (AvgIpc) is 1.73. The number of benzene rings is 6. The number of aromatic nitrogens is 8. The number of hydrogen-bond donors (Lipinski definition) is 0. The van der Waals surface area contributed by atoms with Crippen LogP contribution in [0.25, 0.3) is 78.2 Å². The van der Waals surface area contributed by atoms with Crippen molar-refractivity contribution in [2.45, 2.75) is 157 Å². The standard InChI is InChI=1S/C76H80N8O2.Ni/c1-71(2,3)49-31-19-43(20-32-49)55-56(44-21-33-50(34-22-44)72(4,5)6)64-77-63(55)78-65-57(45-23-35-51(36-24-45)73(7,8)9)59(47-27-39-53(40-28-47)75(13,14)15)67(80-65)82-69-61(85)62(86)70(84-69)83-68-60(48-29-41-54(42-30-48)76(16,17)18)58(66(79-64)81-68)46-25-37-52(38-26-46)74(10,11)12;/h19-42H,1-18H3,(H2,77,78,79,80,81,82,83,84,85,86);/q;+2/p-2. The molecule has 0 saturated heterocycles. The van der Waals surface area contributed by atoms with Crippen molar-refractivity contribution < 1.29 is 26.1 Å². The van der Waals surface area contributed by atoms with Crippen molar-refractivity contribution in [1.29, 1.82) is 0 Å². The quantitative estimate of drug-likeness (QED) is 0.117. The minimum atomic E-state index is -0.907. The van der Waals surface area contributed by atoms with Gasteiger partial charge in [0, 0.05) is 56.0 Å². The van der Waals surface area contributed by atoms with Crippen LogP contribution in [0, 0.1) is 0 Å². The normalized spacial score (nSPS) is 13.5. The summed E-state index contributed by atoms with van der Waals surface area (Å²) < 4.78 is 0. The van der Waals surface area contributed by atoms with Gasteiger partial charge in [0.1, 0.15) is 11.6 Å². The van der Waals surface area contributed by atoms with Crippen LogP contribution in [0.15, 0.2) is 146 Å². The Kier molecular flexibility index (Phi) is 15.7. The van der Waals surface area contributed by atoms with Crippen molar-refractivity contribution in [2.24, 2.45) is 0 Å². The van der Waals surface area contributed by atoms with Gasteiger partial charge in [-0.25, -0.2) is 9.97 Å². The van der Waals surface area contributed by atoms with Gasteiger partial charge in [-0.15, -0.1) is 0 Å². The third kappa shape index (κ3) is 12.1. The minimum Gasteiger partial charge on any atom is -0.357 e. The maximum atomic E-state index is 14.6. The van der Waals surface area contributed by atoms with E-state index in [0.717, 1.165) is 66.8 Å². The second kappa shape index (κ2) is 22.2. The van der Waals surface area contributed by atoms with E-state index >= 15 is 0 Å². The first-order valence-corrected chi connectivity index (χ1v) is 29.9. The van der Waals surface area contributed by atoms with Gasteiger partial charge in [0.15, 0.2) is 0 Å². The molecule has 0 N–H and O–H groups in total. The zero-order valence-electron chi connectivity index (χ0n) is 53.6. The number of carbonyl (C=O) groups excluding carboxylic acids is 2. The first-order valence-electron chi connectivity index (χ1n) is 29.9. The van der Waals surface area contributed by atoms with E-state index in [9.17, 15) is 9.59 Å². The van der Waals surface area contributed by atoms with E-state index in [1.807, 2.05) is 0 Å². The Bertz CT molecular complexity index is 4070. The molecule has 11 heteroatoms. The van der Waals surface area contributed by atoms with E-state index < -0.39 is 11.6 Å². The van der Waals surface area contributed by atoms with Crippen molar-refractivity contribution in [3.63, 3.8) is 0 Å². The van der Waals surface area contributed by atoms with Crippen molar-refractivity contribution >= 4 is 45.3 Å². The molecular formula is C76H78N8NiO2. The van der Waals surface area contributed by atoms with Crippen LogP contribution in [0.4, 0.5) is 0 Å². The molecule has 6 aromatic carbocycles. The van der Waals surface area contributed by atoms with Gasteiger partial charge in [0.05, 0.1) is 11.6 Å². The van der Waals surface area contributed by atoms with E-state index in [1.54, 1.807) is 0 Å². The van der Waals surface area contributed by atoms with E-state index in [0.29, 0.717) is 45.2 Å². The maximum Gasteiger partial charge on any atom is 2.00 e. The van der Waals surface area contributed by atoms with Gasteiger partial charge in [-0.3, -0.25) is 9.59 Å². The number of carbonyl (C=O) groups is 2. The van der Waals surface area contributed by atoms with E-state index in [-0.39, 0.29) is 71.9 Å². The van der Waals surface area contributed by atoms with E-state index in [1.165, 1.54) is 11.1 Å². The summed E-state index contributed by atoms with van der Waals surface area (Å²) in [6, 6.07) is 51.0. The van der Waals surface area contributed by atoms with Crippen LogP contribution in [0.1, 0.15) is 202 Å². The summed E-state index contributed by atoms with van der Waals surface area (Å²) in [5.74, 6) is -1.76. The Labute approximate surface area is 523 Å². The van der Waals surface area contributed by atoms with Gasteiger partial charge in [0.2, 0.25) is 0 Å². The zero-order valence-corrected chi connectivity index (χ0v) is 54.6. The van der Waals surface area contributed by atoms with E-state index in [2.05, 4.69) is 270 Å². The molecule has 3 aromatic heterocycles. The van der Waals surface area contributed by atoms with Crippen LogP contribution >= 0.6 is 0 Å². The van der Waals surface area contributed by atoms with Crippen molar-refractivity contribution in [3.05, 3.63) is 213 Å². The number of nitrogens with zero attached hydrogens (tertiary/aromatic N) is 8. The molecule has 0 unspecified atom stereocenters. The molecule has 10 nitrogen and oxygen atoms in total. The van der Waals surface area contributed by atoms with Crippen LogP contribution in [-0.2, 0) is 49.0 Å². The van der Waals surface area contributed by atoms with Crippen LogP contribution in [0.2, 0.25) is 0 Å². The largest absolute Gasteiger partial charge is 2.00 e. The summed E-state index contributed by atoms with van der Waals surface area (Å²) >= 11 is 0. The summed E-state index contributed by atoms with van der Waals surface area (Å²) in [5.41, 5.74) is 16.0. The van der Waals surface area contributed by atoms with Gasteiger partial charge in [-0.1, -0.05) is 270 Å². The fourth-order valence-corrected chi connectivity index (χ4v) is 11.2. The number of Topliss-reactive ketones (excluding diaryl/α,β-unsaturated/α-hetero) is 2. The summed E-state index contributed by atoms with van der Waals surface area (Å²) in [4.78, 5) is 71.4. The fourth-order valence-electron chi connectivity index (χ4n) is 11.2. The molecule has 0 saturated carbocycles. The van der Waals surface area contributed by atoms with Crippen LogP contribution in [0.5, 0.6) is 0 Å². The van der Waals surface area contributed by atoms with Gasteiger partial charge in [-0.2, -0.15) is 0 Å². The van der Waals surface area contributed by atoms with Crippen LogP contribution < -0.4 is 9.97 Å². The van der Waals surface area contributed by atoms with Crippen molar-refractivity contribution in [2.75, 3.05) is 0 Å². The third-order valence-electron chi connectivity index (χ3n) is 16.6. The van der Waals surface area contributed by atoms with Gasteiger partial charge in [0.25, 0.3) is 11.6 Å². The predicted molar refractivity (Wildman–Crippen MR) is 351 cm³/mol. The summed E-state index contributed by atoms with van der Waals surface area (Å²) in [5, 5.41) is 0. The minimum absolute atomic E-state index is 0. The van der Waals surface area contributed by atoms with Gasteiger partial charge >= 0.3 is 16.5 Å². The number of hydrogen-bond acceptors (Lipinski definition) is 8. The second-order valence-electron chi connectivity index (χ2n) is 29.4. The Morgan fingerprint density at radius 1 is 0.241 bits per heavy atom. The fraction of sp³-hybridized carbons (Fsp3) is 0.316. The Morgan fingerprint density at radius 3 is 0.609 bits per heavy atom. The zero-order chi connectivity index (χ0) is 61.8. The number of fused-ring (bicyclic) bond motifs is 8. The predicted octanol–water partition coefficient (Wildman–Crippen LogP) is 17.7. The Balaban J connectivity index is 0.00000838. The molecule has 0 atom stereocenters. The van der Waals surface area contributed by atoms with Crippen molar-refractivity contribution in [3.8, 4) is 44.5 Å². The van der Waals surface area contributed by atoms with Crippen molar-refractivity contribution in [1.82, 2.24) is 39.9 Å². The maximum absolute atomic E-state index is 14.6. The third-order valence-corrected chi connectivity index (χ3v) is 16.6. The smallest absolute Gasteiger partial charge is 0.357 e. The molecule has 9 aromatic rings. The molecule has 0 aliphatic carbocycles. The summed E-state index contributed by atoms with van der Waals surface area (Å²) in [6.07, 6.45) is 0. The van der Waals surface area contributed by atoms with Gasteiger partial charge < -0.3 is 29.9 Å². The molecule has 444 valence electrons. The molecule has 5 heterocycles. The molecule has 0 radical (unpaired) electrons. The molecule has 0 spiro atoms. The number of rotatable bonds is 6.